The van der Waals surface area contributed by atoms with E-state index in [2.05, 4.69) is 10.2 Å². The lowest BCUT2D eigenvalue weighted by atomic mass is 10.0. The summed E-state index contributed by atoms with van der Waals surface area (Å²) in [5.74, 6) is -0.896. The van der Waals surface area contributed by atoms with E-state index in [4.69, 9.17) is 5.11 Å². The summed E-state index contributed by atoms with van der Waals surface area (Å²) in [5, 5.41) is 15.0. The number of hydrogen-bond donors (Lipinski definition) is 2. The van der Waals surface area contributed by atoms with E-state index in [1.807, 2.05) is 0 Å². The molecule has 0 aliphatic rings. The number of nitrogens with one attached hydrogen (secondary N) is 1. The SMILES string of the molecule is Cc1cc(-c2cccc(CC(=O)O)c2)c(=O)[nH]n1. The van der Waals surface area contributed by atoms with Crippen LogP contribution in [0.4, 0.5) is 0 Å². The molecule has 0 radical (unpaired) electrons. The Bertz CT molecular complexity index is 647. The first-order chi connectivity index (χ1) is 8.56. The molecule has 1 heterocycles. The summed E-state index contributed by atoms with van der Waals surface area (Å²) < 4.78 is 0. The van der Waals surface area contributed by atoms with Gasteiger partial charge in [-0.2, -0.15) is 5.10 Å². The fraction of sp³-hybridized carbons (Fsp3) is 0.154. The molecule has 1 aromatic carbocycles. The highest BCUT2D eigenvalue weighted by Gasteiger charge is 2.06. The number of rotatable bonds is 3. The molecule has 0 saturated heterocycles. The van der Waals surface area contributed by atoms with Gasteiger partial charge in [0.2, 0.25) is 0 Å². The molecule has 0 unspecified atom stereocenters. The molecule has 1 aromatic heterocycles. The summed E-state index contributed by atoms with van der Waals surface area (Å²) in [5.41, 5.74) is 2.27. The smallest absolute Gasteiger partial charge is 0.307 e. The van der Waals surface area contributed by atoms with Crippen molar-refractivity contribution in [1.29, 1.82) is 0 Å². The predicted molar refractivity (Wildman–Crippen MR) is 66.4 cm³/mol. The Kier molecular flexibility index (Phi) is 3.23. The van der Waals surface area contributed by atoms with Gasteiger partial charge in [0.1, 0.15) is 0 Å². The topological polar surface area (TPSA) is 83.0 Å². The number of aliphatic carboxylic acids is 1. The van der Waals surface area contributed by atoms with E-state index in [1.165, 1.54) is 0 Å². The Morgan fingerprint density at radius 2 is 2.17 bits per heavy atom. The molecule has 2 aromatic rings. The summed E-state index contributed by atoms with van der Waals surface area (Å²) >= 11 is 0. The first-order valence-electron chi connectivity index (χ1n) is 5.43. The van der Waals surface area contributed by atoms with Crippen molar-refractivity contribution in [1.82, 2.24) is 10.2 Å². The van der Waals surface area contributed by atoms with Crippen molar-refractivity contribution >= 4 is 5.97 Å². The maximum absolute atomic E-state index is 11.7. The Labute approximate surface area is 103 Å². The van der Waals surface area contributed by atoms with E-state index in [9.17, 15) is 9.59 Å². The first kappa shape index (κ1) is 12.0. The van der Waals surface area contributed by atoms with E-state index >= 15 is 0 Å². The minimum absolute atomic E-state index is 0.0597. The van der Waals surface area contributed by atoms with Crippen molar-refractivity contribution in [2.24, 2.45) is 0 Å². The molecule has 0 atom stereocenters. The van der Waals surface area contributed by atoms with Crippen molar-refractivity contribution < 1.29 is 9.90 Å². The third-order valence-electron chi connectivity index (χ3n) is 2.52. The molecule has 0 aliphatic heterocycles. The molecule has 0 fully saturated rings. The molecular weight excluding hydrogens is 232 g/mol. The molecule has 2 N–H and O–H groups in total. The summed E-state index contributed by atoms with van der Waals surface area (Å²) in [7, 11) is 0. The average Bonchev–Trinajstić information content (AvgIpc) is 2.32. The number of aromatic amines is 1. The number of carbonyl (C=O) groups is 1. The zero-order chi connectivity index (χ0) is 13.1. The molecule has 2 rings (SSSR count). The van der Waals surface area contributed by atoms with Gasteiger partial charge in [0.05, 0.1) is 17.7 Å². The van der Waals surface area contributed by atoms with Crippen LogP contribution in [0.25, 0.3) is 11.1 Å². The third-order valence-corrected chi connectivity index (χ3v) is 2.52. The molecule has 0 saturated carbocycles. The van der Waals surface area contributed by atoms with Gasteiger partial charge in [0.25, 0.3) is 5.56 Å². The van der Waals surface area contributed by atoms with Crippen LogP contribution in [-0.2, 0) is 11.2 Å². The van der Waals surface area contributed by atoms with Crippen LogP contribution in [0.5, 0.6) is 0 Å². The lowest BCUT2D eigenvalue weighted by Crippen LogP contribution is -2.11. The standard InChI is InChI=1S/C13H12N2O3/c1-8-5-11(13(18)15-14-8)10-4-2-3-9(6-10)7-12(16)17/h2-6H,7H2,1H3,(H,15,18)(H,16,17). The molecule has 18 heavy (non-hydrogen) atoms. The van der Waals surface area contributed by atoms with Crippen LogP contribution >= 0.6 is 0 Å². The van der Waals surface area contributed by atoms with Crippen LogP contribution in [0.15, 0.2) is 35.1 Å². The van der Waals surface area contributed by atoms with Crippen LogP contribution in [-0.4, -0.2) is 21.3 Å². The number of H-pyrrole nitrogens is 1. The van der Waals surface area contributed by atoms with Gasteiger partial charge in [-0.1, -0.05) is 24.3 Å². The maximum Gasteiger partial charge on any atom is 0.307 e. The number of benzene rings is 1. The highest BCUT2D eigenvalue weighted by atomic mass is 16.4. The van der Waals surface area contributed by atoms with E-state index in [0.29, 0.717) is 22.4 Å². The molecule has 5 nitrogen and oxygen atoms in total. The quantitative estimate of drug-likeness (QED) is 0.854. The van der Waals surface area contributed by atoms with Gasteiger partial charge in [-0.15, -0.1) is 0 Å². The van der Waals surface area contributed by atoms with Gasteiger partial charge >= 0.3 is 5.97 Å². The zero-order valence-electron chi connectivity index (χ0n) is 9.80. The van der Waals surface area contributed by atoms with Crippen molar-refractivity contribution in [2.75, 3.05) is 0 Å². The van der Waals surface area contributed by atoms with Gasteiger partial charge in [-0.05, 0) is 24.1 Å². The summed E-state index contributed by atoms with van der Waals surface area (Å²) in [6.07, 6.45) is -0.0597. The van der Waals surface area contributed by atoms with Gasteiger partial charge in [0.15, 0.2) is 0 Å². The Balaban J connectivity index is 2.47. The fourth-order valence-corrected chi connectivity index (χ4v) is 1.74. The largest absolute Gasteiger partial charge is 0.481 e. The lowest BCUT2D eigenvalue weighted by molar-refractivity contribution is -0.136. The summed E-state index contributed by atoms with van der Waals surface area (Å²) in [6.45, 7) is 1.78. The van der Waals surface area contributed by atoms with Gasteiger partial charge in [-0.25, -0.2) is 5.10 Å². The van der Waals surface area contributed by atoms with E-state index in [-0.39, 0.29) is 12.0 Å². The van der Waals surface area contributed by atoms with Crippen molar-refractivity contribution in [3.8, 4) is 11.1 Å². The lowest BCUT2D eigenvalue weighted by Gasteiger charge is -2.03. The molecule has 5 heteroatoms. The van der Waals surface area contributed by atoms with Crippen LogP contribution < -0.4 is 5.56 Å². The van der Waals surface area contributed by atoms with Gasteiger partial charge in [0, 0.05) is 0 Å². The van der Waals surface area contributed by atoms with Crippen molar-refractivity contribution in [3.05, 3.63) is 51.9 Å². The van der Waals surface area contributed by atoms with Crippen molar-refractivity contribution in [2.45, 2.75) is 13.3 Å². The molecule has 0 amide bonds. The number of hydrogen-bond acceptors (Lipinski definition) is 3. The molecule has 0 bridgehead atoms. The molecule has 92 valence electrons. The second kappa shape index (κ2) is 4.83. The number of carboxylic acid groups (broad SMARTS) is 1. The number of aryl methyl sites for hydroxylation is 1. The highest BCUT2D eigenvalue weighted by molar-refractivity contribution is 5.72. The van der Waals surface area contributed by atoms with Crippen LogP contribution in [0.3, 0.4) is 0 Å². The molecular formula is C13H12N2O3. The van der Waals surface area contributed by atoms with Crippen LogP contribution in [0.2, 0.25) is 0 Å². The minimum Gasteiger partial charge on any atom is -0.481 e. The van der Waals surface area contributed by atoms with E-state index in [0.717, 1.165) is 0 Å². The predicted octanol–water partition coefficient (Wildman–Crippen LogP) is 1.37. The van der Waals surface area contributed by atoms with Crippen LogP contribution in [0.1, 0.15) is 11.3 Å². The van der Waals surface area contributed by atoms with Crippen LogP contribution in [0, 0.1) is 6.92 Å². The molecule has 0 aliphatic carbocycles. The number of aromatic nitrogens is 2. The monoisotopic (exact) mass is 244 g/mol. The van der Waals surface area contributed by atoms with Gasteiger partial charge < -0.3 is 5.11 Å². The molecule has 0 spiro atoms. The first-order valence-corrected chi connectivity index (χ1v) is 5.43. The second-order valence-electron chi connectivity index (χ2n) is 4.02. The normalized spacial score (nSPS) is 10.3. The fourth-order valence-electron chi connectivity index (χ4n) is 1.74. The summed E-state index contributed by atoms with van der Waals surface area (Å²) in [4.78, 5) is 22.3. The zero-order valence-corrected chi connectivity index (χ0v) is 9.80. The minimum atomic E-state index is -0.896. The Hall–Kier alpha value is -2.43. The van der Waals surface area contributed by atoms with E-state index in [1.54, 1.807) is 37.3 Å². The number of nitrogens with zero attached hydrogens (tertiary/aromatic N) is 1. The second-order valence-corrected chi connectivity index (χ2v) is 4.02. The summed E-state index contributed by atoms with van der Waals surface area (Å²) in [6, 6.07) is 8.62. The van der Waals surface area contributed by atoms with Gasteiger partial charge in [-0.3, -0.25) is 9.59 Å². The Morgan fingerprint density at radius 3 is 2.89 bits per heavy atom. The van der Waals surface area contributed by atoms with Crippen molar-refractivity contribution in [3.63, 3.8) is 0 Å². The average molecular weight is 244 g/mol. The highest BCUT2D eigenvalue weighted by Crippen LogP contribution is 2.17. The maximum atomic E-state index is 11.7. The Morgan fingerprint density at radius 1 is 1.39 bits per heavy atom. The van der Waals surface area contributed by atoms with E-state index < -0.39 is 5.97 Å². The third kappa shape index (κ3) is 2.63. The number of carboxylic acids is 1.